The lowest BCUT2D eigenvalue weighted by Crippen LogP contribution is -2.20. The Hall–Kier alpha value is -1.13. The Morgan fingerprint density at radius 3 is 2.88 bits per heavy atom. The van der Waals surface area contributed by atoms with Gasteiger partial charge in [0.25, 0.3) is 0 Å². The second-order valence-corrected chi connectivity index (χ2v) is 3.51. The molecular weight excluding hydrogens is 204 g/mol. The number of pyridine rings is 1. The smallest absolute Gasteiger partial charge is 0.122 e. The first-order valence-electron chi connectivity index (χ1n) is 5.56. The van der Waals surface area contributed by atoms with Crippen LogP contribution >= 0.6 is 0 Å². The van der Waals surface area contributed by atoms with Gasteiger partial charge in [-0.3, -0.25) is 4.98 Å². The fourth-order valence-corrected chi connectivity index (χ4v) is 1.42. The minimum absolute atomic E-state index is 0.736. The van der Waals surface area contributed by atoms with Gasteiger partial charge in [0.1, 0.15) is 5.75 Å². The molecule has 1 rings (SSSR count). The van der Waals surface area contributed by atoms with Gasteiger partial charge in [0, 0.05) is 37.5 Å². The predicted molar refractivity (Wildman–Crippen MR) is 63.7 cm³/mol. The summed E-state index contributed by atoms with van der Waals surface area (Å²) in [5.74, 6) is 0.856. The van der Waals surface area contributed by atoms with E-state index in [0.29, 0.717) is 0 Å². The van der Waals surface area contributed by atoms with Crippen molar-refractivity contribution in [2.75, 3.05) is 26.9 Å². The van der Waals surface area contributed by atoms with E-state index < -0.39 is 0 Å². The van der Waals surface area contributed by atoms with E-state index in [1.807, 2.05) is 26.0 Å². The zero-order valence-electron chi connectivity index (χ0n) is 10.2. The maximum Gasteiger partial charge on any atom is 0.122 e. The molecule has 1 aromatic rings. The molecule has 0 spiro atoms. The third kappa shape index (κ3) is 4.59. The number of hydrogen-bond acceptors (Lipinski definition) is 4. The van der Waals surface area contributed by atoms with Gasteiger partial charge in [0.15, 0.2) is 0 Å². The molecule has 0 radical (unpaired) electrons. The number of hydrogen-bond donors (Lipinski definition) is 1. The number of ether oxygens (including phenoxy) is 2. The van der Waals surface area contributed by atoms with Crippen LogP contribution in [-0.4, -0.2) is 31.9 Å². The molecule has 0 aliphatic rings. The minimum Gasteiger partial charge on any atom is -0.497 e. The van der Waals surface area contributed by atoms with Crippen LogP contribution in [0.1, 0.15) is 18.3 Å². The maximum absolute atomic E-state index is 5.23. The van der Waals surface area contributed by atoms with E-state index in [1.165, 1.54) is 0 Å². The molecule has 0 bridgehead atoms. The normalized spacial score (nSPS) is 10.4. The van der Waals surface area contributed by atoms with Crippen molar-refractivity contribution in [2.45, 2.75) is 20.4 Å². The van der Waals surface area contributed by atoms with Gasteiger partial charge in [-0.2, -0.15) is 0 Å². The van der Waals surface area contributed by atoms with Crippen LogP contribution in [0.3, 0.4) is 0 Å². The Labute approximate surface area is 97.0 Å². The molecule has 4 heteroatoms. The summed E-state index contributed by atoms with van der Waals surface area (Å²) in [5, 5.41) is 3.27. The van der Waals surface area contributed by atoms with Crippen LogP contribution in [-0.2, 0) is 11.3 Å². The van der Waals surface area contributed by atoms with Crippen molar-refractivity contribution in [3.05, 3.63) is 23.5 Å². The van der Waals surface area contributed by atoms with Crippen LogP contribution in [0.15, 0.2) is 12.1 Å². The van der Waals surface area contributed by atoms with Gasteiger partial charge in [0.2, 0.25) is 0 Å². The van der Waals surface area contributed by atoms with Gasteiger partial charge < -0.3 is 14.8 Å². The highest BCUT2D eigenvalue weighted by atomic mass is 16.5. The molecule has 4 nitrogen and oxygen atoms in total. The van der Waals surface area contributed by atoms with Crippen LogP contribution in [0.2, 0.25) is 0 Å². The monoisotopic (exact) mass is 224 g/mol. The predicted octanol–water partition coefficient (Wildman–Crippen LogP) is 1.52. The molecule has 1 aromatic heterocycles. The van der Waals surface area contributed by atoms with Gasteiger partial charge in [0.05, 0.1) is 19.4 Å². The summed E-state index contributed by atoms with van der Waals surface area (Å²) >= 11 is 0. The zero-order chi connectivity index (χ0) is 11.8. The van der Waals surface area contributed by atoms with Crippen molar-refractivity contribution in [1.82, 2.24) is 10.3 Å². The van der Waals surface area contributed by atoms with E-state index in [0.717, 1.165) is 43.4 Å². The van der Waals surface area contributed by atoms with Crippen LogP contribution in [0.4, 0.5) is 0 Å². The van der Waals surface area contributed by atoms with Crippen molar-refractivity contribution in [2.24, 2.45) is 0 Å². The van der Waals surface area contributed by atoms with Gasteiger partial charge in [-0.1, -0.05) is 0 Å². The molecule has 0 amide bonds. The maximum atomic E-state index is 5.23. The molecule has 1 N–H and O–H groups in total. The van der Waals surface area contributed by atoms with E-state index >= 15 is 0 Å². The number of nitrogens with one attached hydrogen (secondary N) is 1. The third-order valence-corrected chi connectivity index (χ3v) is 2.15. The van der Waals surface area contributed by atoms with Crippen molar-refractivity contribution in [3.63, 3.8) is 0 Å². The third-order valence-electron chi connectivity index (χ3n) is 2.15. The van der Waals surface area contributed by atoms with Crippen molar-refractivity contribution in [3.8, 4) is 5.75 Å². The topological polar surface area (TPSA) is 43.4 Å². The summed E-state index contributed by atoms with van der Waals surface area (Å²) in [5.41, 5.74) is 1.97. The molecule has 0 unspecified atom stereocenters. The van der Waals surface area contributed by atoms with E-state index in [9.17, 15) is 0 Å². The van der Waals surface area contributed by atoms with Crippen molar-refractivity contribution < 1.29 is 9.47 Å². The lowest BCUT2D eigenvalue weighted by atomic mass is 10.3. The molecule has 0 aromatic carbocycles. The largest absolute Gasteiger partial charge is 0.497 e. The second-order valence-electron chi connectivity index (χ2n) is 3.51. The van der Waals surface area contributed by atoms with Crippen LogP contribution < -0.4 is 10.1 Å². The van der Waals surface area contributed by atoms with Crippen LogP contribution in [0.25, 0.3) is 0 Å². The molecule has 16 heavy (non-hydrogen) atoms. The molecule has 0 atom stereocenters. The average molecular weight is 224 g/mol. The Morgan fingerprint density at radius 1 is 1.38 bits per heavy atom. The van der Waals surface area contributed by atoms with Crippen LogP contribution in [0, 0.1) is 6.92 Å². The number of methoxy groups -OCH3 is 1. The zero-order valence-corrected chi connectivity index (χ0v) is 10.2. The van der Waals surface area contributed by atoms with Gasteiger partial charge in [-0.05, 0) is 13.8 Å². The second kappa shape index (κ2) is 7.19. The lowest BCUT2D eigenvalue weighted by Gasteiger charge is -2.07. The SMILES string of the molecule is CCOCCNCc1cc(OC)cc(C)n1. The number of nitrogens with zero attached hydrogens (tertiary/aromatic N) is 1. The van der Waals surface area contributed by atoms with Gasteiger partial charge in [-0.15, -0.1) is 0 Å². The number of aryl methyl sites for hydroxylation is 1. The Balaban J connectivity index is 2.38. The summed E-state index contributed by atoms with van der Waals surface area (Å²) in [6, 6.07) is 3.87. The summed E-state index contributed by atoms with van der Waals surface area (Å²) in [6.07, 6.45) is 0. The Kier molecular flexibility index (Phi) is 5.82. The quantitative estimate of drug-likeness (QED) is 0.713. The van der Waals surface area contributed by atoms with Crippen molar-refractivity contribution >= 4 is 0 Å². The van der Waals surface area contributed by atoms with Gasteiger partial charge in [-0.25, -0.2) is 0 Å². The fourth-order valence-electron chi connectivity index (χ4n) is 1.42. The van der Waals surface area contributed by atoms with E-state index in [4.69, 9.17) is 9.47 Å². The highest BCUT2D eigenvalue weighted by molar-refractivity contribution is 5.26. The first-order valence-corrected chi connectivity index (χ1v) is 5.56. The number of aromatic nitrogens is 1. The van der Waals surface area contributed by atoms with Crippen molar-refractivity contribution in [1.29, 1.82) is 0 Å². The molecule has 0 saturated heterocycles. The standard InChI is InChI=1S/C12H20N2O2/c1-4-16-6-5-13-9-11-8-12(15-3)7-10(2)14-11/h7-8,13H,4-6,9H2,1-3H3. The fraction of sp³-hybridized carbons (Fsp3) is 0.583. The molecule has 1 heterocycles. The summed E-state index contributed by atoms with van der Waals surface area (Å²) in [7, 11) is 1.67. The Bertz CT molecular complexity index is 316. The summed E-state index contributed by atoms with van der Waals surface area (Å²) in [4.78, 5) is 4.42. The average Bonchev–Trinajstić information content (AvgIpc) is 2.28. The first-order chi connectivity index (χ1) is 7.76. The molecular formula is C12H20N2O2. The van der Waals surface area contributed by atoms with E-state index in [1.54, 1.807) is 7.11 Å². The van der Waals surface area contributed by atoms with Gasteiger partial charge >= 0.3 is 0 Å². The first kappa shape index (κ1) is 12.9. The minimum atomic E-state index is 0.736. The molecule has 90 valence electrons. The Morgan fingerprint density at radius 2 is 2.19 bits per heavy atom. The summed E-state index contributed by atoms with van der Waals surface area (Å²) in [6.45, 7) is 7.04. The number of rotatable bonds is 7. The van der Waals surface area contributed by atoms with E-state index in [2.05, 4.69) is 10.3 Å². The molecule has 0 saturated carbocycles. The lowest BCUT2D eigenvalue weighted by molar-refractivity contribution is 0.149. The highest BCUT2D eigenvalue weighted by Gasteiger charge is 1.99. The molecule has 0 aliphatic carbocycles. The highest BCUT2D eigenvalue weighted by Crippen LogP contribution is 2.12. The van der Waals surface area contributed by atoms with Crippen LogP contribution in [0.5, 0.6) is 5.75 Å². The molecule has 0 aliphatic heterocycles. The molecule has 0 fully saturated rings. The summed E-state index contributed by atoms with van der Waals surface area (Å²) < 4.78 is 10.4. The van der Waals surface area contributed by atoms with E-state index in [-0.39, 0.29) is 0 Å².